The summed E-state index contributed by atoms with van der Waals surface area (Å²) in [5.41, 5.74) is 1.78. The van der Waals surface area contributed by atoms with Crippen LogP contribution in [0.2, 0.25) is 5.02 Å². The Labute approximate surface area is 193 Å². The second-order valence-corrected chi connectivity index (χ2v) is 11.1. The van der Waals surface area contributed by atoms with Gasteiger partial charge in [-0.05, 0) is 67.1 Å². The molecule has 3 rings (SSSR count). The fraction of sp³-hybridized carbons (Fsp3) is 0.520. The lowest BCUT2D eigenvalue weighted by Gasteiger charge is -2.45. The van der Waals surface area contributed by atoms with Crippen LogP contribution >= 0.6 is 11.6 Å². The molecule has 0 saturated carbocycles. The van der Waals surface area contributed by atoms with Gasteiger partial charge in [-0.15, -0.1) is 0 Å². The number of nitrogens with one attached hydrogen (secondary N) is 1. The SMILES string of the molecule is CCCCCCN1CC[C@](C)(c2cccc(NS(=O)(=O)c3ccccc3Cl)c2)[C@@H](C)C1. The van der Waals surface area contributed by atoms with E-state index >= 15 is 0 Å². The molecule has 2 aromatic carbocycles. The largest absolute Gasteiger partial charge is 0.303 e. The third-order valence-electron chi connectivity index (χ3n) is 6.80. The highest BCUT2D eigenvalue weighted by atomic mass is 35.5. The number of hydrogen-bond acceptors (Lipinski definition) is 3. The van der Waals surface area contributed by atoms with E-state index in [0.29, 0.717) is 11.6 Å². The summed E-state index contributed by atoms with van der Waals surface area (Å²) < 4.78 is 28.4. The maximum atomic E-state index is 12.8. The molecule has 6 heteroatoms. The van der Waals surface area contributed by atoms with Crippen LogP contribution in [0.5, 0.6) is 0 Å². The molecule has 1 aliphatic rings. The van der Waals surface area contributed by atoms with E-state index in [-0.39, 0.29) is 15.3 Å². The number of likely N-dealkylation sites (tertiary alicyclic amines) is 1. The van der Waals surface area contributed by atoms with Crippen LogP contribution in [0.15, 0.2) is 53.4 Å². The van der Waals surface area contributed by atoms with E-state index in [1.54, 1.807) is 24.3 Å². The van der Waals surface area contributed by atoms with E-state index in [0.717, 1.165) is 19.5 Å². The van der Waals surface area contributed by atoms with Gasteiger partial charge in [0, 0.05) is 12.2 Å². The summed E-state index contributed by atoms with van der Waals surface area (Å²) in [6.07, 6.45) is 6.24. The minimum Gasteiger partial charge on any atom is -0.303 e. The first kappa shape index (κ1) is 24.1. The molecule has 0 aliphatic carbocycles. The molecule has 0 bridgehead atoms. The van der Waals surface area contributed by atoms with E-state index in [1.807, 2.05) is 12.1 Å². The van der Waals surface area contributed by atoms with Crippen LogP contribution in [-0.4, -0.2) is 33.0 Å². The molecule has 4 nitrogen and oxygen atoms in total. The maximum Gasteiger partial charge on any atom is 0.263 e. The highest BCUT2D eigenvalue weighted by Gasteiger charge is 2.38. The Morgan fingerprint density at radius 1 is 1.13 bits per heavy atom. The topological polar surface area (TPSA) is 49.4 Å². The molecular weight excluding hydrogens is 428 g/mol. The van der Waals surface area contributed by atoms with E-state index in [1.165, 1.54) is 43.9 Å². The van der Waals surface area contributed by atoms with Gasteiger partial charge in [0.2, 0.25) is 0 Å². The van der Waals surface area contributed by atoms with Crippen molar-refractivity contribution < 1.29 is 8.42 Å². The predicted molar refractivity (Wildman–Crippen MR) is 130 cm³/mol. The zero-order valence-corrected chi connectivity index (χ0v) is 20.5. The zero-order valence-electron chi connectivity index (χ0n) is 18.9. The standard InChI is InChI=1S/C25H35ClN2O2S/c1-4-5-6-9-16-28-17-15-25(3,20(2)19-28)21-11-10-12-22(18-21)27-31(29,30)24-14-8-7-13-23(24)26/h7-8,10-14,18,20,27H,4-6,9,15-17,19H2,1-3H3/t20-,25-/m0/s1. The van der Waals surface area contributed by atoms with E-state index in [9.17, 15) is 8.42 Å². The van der Waals surface area contributed by atoms with Gasteiger partial charge in [0.1, 0.15) is 4.90 Å². The molecule has 1 saturated heterocycles. The summed E-state index contributed by atoms with van der Waals surface area (Å²) >= 11 is 6.11. The fourth-order valence-corrected chi connectivity index (χ4v) is 6.09. The van der Waals surface area contributed by atoms with Gasteiger partial charge >= 0.3 is 0 Å². The number of hydrogen-bond donors (Lipinski definition) is 1. The lowest BCUT2D eigenvalue weighted by Crippen LogP contribution is -2.47. The Morgan fingerprint density at radius 3 is 2.61 bits per heavy atom. The highest BCUT2D eigenvalue weighted by molar-refractivity contribution is 7.92. The third-order valence-corrected chi connectivity index (χ3v) is 8.68. The molecule has 1 aliphatic heterocycles. The van der Waals surface area contributed by atoms with Crippen molar-refractivity contribution >= 4 is 27.3 Å². The molecule has 0 radical (unpaired) electrons. The monoisotopic (exact) mass is 462 g/mol. The average molecular weight is 463 g/mol. The van der Waals surface area contributed by atoms with Crippen LogP contribution in [-0.2, 0) is 15.4 Å². The van der Waals surface area contributed by atoms with Crippen molar-refractivity contribution in [2.75, 3.05) is 24.4 Å². The summed E-state index contributed by atoms with van der Waals surface area (Å²) in [4.78, 5) is 2.68. The minimum atomic E-state index is -3.74. The lowest BCUT2D eigenvalue weighted by atomic mass is 9.68. The maximum absolute atomic E-state index is 12.8. The van der Waals surface area contributed by atoms with Crippen molar-refractivity contribution in [3.05, 3.63) is 59.1 Å². The molecule has 2 aromatic rings. The average Bonchev–Trinajstić information content (AvgIpc) is 2.74. The summed E-state index contributed by atoms with van der Waals surface area (Å²) in [7, 11) is -3.74. The second-order valence-electron chi connectivity index (χ2n) is 9.05. The first-order valence-corrected chi connectivity index (χ1v) is 13.2. The number of halogens is 1. The number of rotatable bonds is 9. The minimum absolute atomic E-state index is 0.0196. The van der Waals surface area contributed by atoms with Crippen molar-refractivity contribution in [1.82, 2.24) is 4.90 Å². The van der Waals surface area contributed by atoms with Gasteiger partial charge < -0.3 is 4.90 Å². The Hall–Kier alpha value is -1.56. The smallest absolute Gasteiger partial charge is 0.263 e. The van der Waals surface area contributed by atoms with Gasteiger partial charge in [-0.25, -0.2) is 8.42 Å². The molecule has 1 fully saturated rings. The first-order chi connectivity index (χ1) is 14.8. The van der Waals surface area contributed by atoms with Crippen molar-refractivity contribution in [3.8, 4) is 0 Å². The van der Waals surface area contributed by atoms with Gasteiger partial charge in [-0.1, -0.05) is 75.9 Å². The second kappa shape index (κ2) is 10.4. The molecule has 170 valence electrons. The molecule has 2 atom stereocenters. The van der Waals surface area contributed by atoms with Crippen molar-refractivity contribution in [3.63, 3.8) is 0 Å². The molecule has 0 aromatic heterocycles. The number of unbranched alkanes of at least 4 members (excludes halogenated alkanes) is 3. The predicted octanol–water partition coefficient (Wildman–Crippen LogP) is 6.32. The third kappa shape index (κ3) is 5.82. The van der Waals surface area contributed by atoms with E-state index < -0.39 is 10.0 Å². The van der Waals surface area contributed by atoms with E-state index in [4.69, 9.17) is 11.6 Å². The Kier molecular flexibility index (Phi) is 8.06. The molecule has 1 heterocycles. The zero-order chi connectivity index (χ0) is 22.5. The number of anilines is 1. The van der Waals surface area contributed by atoms with Gasteiger partial charge in [0.15, 0.2) is 0 Å². The van der Waals surface area contributed by atoms with Crippen LogP contribution in [0.25, 0.3) is 0 Å². The highest BCUT2D eigenvalue weighted by Crippen LogP contribution is 2.40. The van der Waals surface area contributed by atoms with Crippen molar-refractivity contribution in [2.24, 2.45) is 5.92 Å². The van der Waals surface area contributed by atoms with Crippen LogP contribution in [0, 0.1) is 5.92 Å². The van der Waals surface area contributed by atoms with Gasteiger partial charge in [-0.2, -0.15) is 0 Å². The molecule has 0 amide bonds. The Bertz CT molecular complexity index is 979. The van der Waals surface area contributed by atoms with Gasteiger partial charge in [0.25, 0.3) is 10.0 Å². The molecule has 0 unspecified atom stereocenters. The first-order valence-electron chi connectivity index (χ1n) is 11.4. The quantitative estimate of drug-likeness (QED) is 0.443. The normalized spacial score (nSPS) is 22.4. The summed E-state index contributed by atoms with van der Waals surface area (Å²) in [5, 5.41) is 0.220. The van der Waals surface area contributed by atoms with Crippen molar-refractivity contribution in [1.29, 1.82) is 0 Å². The van der Waals surface area contributed by atoms with Crippen LogP contribution in [0.4, 0.5) is 5.69 Å². The molecular formula is C25H35ClN2O2S. The number of benzene rings is 2. The Morgan fingerprint density at radius 2 is 1.90 bits per heavy atom. The molecule has 1 N–H and O–H groups in total. The lowest BCUT2D eigenvalue weighted by molar-refractivity contribution is 0.109. The number of piperidine rings is 1. The summed E-state index contributed by atoms with van der Waals surface area (Å²) in [5.74, 6) is 0.489. The fourth-order valence-electron chi connectivity index (χ4n) is 4.52. The van der Waals surface area contributed by atoms with Gasteiger partial charge in [-0.3, -0.25) is 4.72 Å². The van der Waals surface area contributed by atoms with Gasteiger partial charge in [0.05, 0.1) is 5.02 Å². The van der Waals surface area contributed by atoms with Crippen LogP contribution in [0.3, 0.4) is 0 Å². The van der Waals surface area contributed by atoms with Crippen LogP contribution in [0.1, 0.15) is 58.4 Å². The molecule has 0 spiro atoms. The number of sulfonamides is 1. The molecule has 31 heavy (non-hydrogen) atoms. The van der Waals surface area contributed by atoms with E-state index in [2.05, 4.69) is 36.5 Å². The summed E-state index contributed by atoms with van der Waals surface area (Å²) in [6, 6.07) is 14.4. The van der Waals surface area contributed by atoms with Crippen molar-refractivity contribution in [2.45, 2.75) is 63.2 Å². The number of nitrogens with zero attached hydrogens (tertiary/aromatic N) is 1. The summed E-state index contributed by atoms with van der Waals surface area (Å²) in [6.45, 7) is 10.2. The Balaban J connectivity index is 1.72. The van der Waals surface area contributed by atoms with Crippen LogP contribution < -0.4 is 4.72 Å².